The zero-order valence-corrected chi connectivity index (χ0v) is 15.1. The zero-order valence-electron chi connectivity index (χ0n) is 14.2. The van der Waals surface area contributed by atoms with E-state index in [4.69, 9.17) is 4.99 Å². The highest BCUT2D eigenvalue weighted by atomic mass is 32.1. The molecule has 2 heterocycles. The van der Waals surface area contributed by atoms with E-state index in [1.54, 1.807) is 11.3 Å². The average molecular weight is 334 g/mol. The normalized spacial score (nSPS) is 12.4. The highest BCUT2D eigenvalue weighted by Gasteiger charge is 2.21. The molecule has 0 saturated carbocycles. The van der Waals surface area contributed by atoms with Crippen molar-refractivity contribution in [2.45, 2.75) is 39.2 Å². The molecule has 0 aliphatic heterocycles. The Morgan fingerprint density at radius 1 is 1.39 bits per heavy atom. The van der Waals surface area contributed by atoms with E-state index in [1.807, 2.05) is 18.7 Å². The maximum Gasteiger partial charge on any atom is 0.191 e. The molecular weight excluding hydrogens is 306 g/mol. The van der Waals surface area contributed by atoms with Crippen LogP contribution < -0.4 is 10.6 Å². The molecule has 0 aromatic carbocycles. The van der Waals surface area contributed by atoms with Gasteiger partial charge in [0.05, 0.1) is 12.9 Å². The lowest BCUT2D eigenvalue weighted by Crippen LogP contribution is -2.39. The second-order valence-corrected chi connectivity index (χ2v) is 7.08. The van der Waals surface area contributed by atoms with Crippen LogP contribution in [-0.4, -0.2) is 35.1 Å². The molecule has 0 unspecified atom stereocenters. The van der Waals surface area contributed by atoms with Crippen LogP contribution in [-0.2, 0) is 12.0 Å². The predicted molar refractivity (Wildman–Crippen MR) is 98.2 cm³/mol. The average Bonchev–Trinajstić information content (AvgIpc) is 3.22. The Labute approximate surface area is 142 Å². The van der Waals surface area contributed by atoms with Gasteiger partial charge in [-0.3, -0.25) is 4.99 Å². The second-order valence-electron chi connectivity index (χ2n) is 6.14. The number of imidazole rings is 1. The molecule has 126 valence electrons. The third-order valence-electron chi connectivity index (χ3n) is 3.61. The van der Waals surface area contributed by atoms with Crippen molar-refractivity contribution in [2.75, 3.05) is 19.6 Å². The summed E-state index contributed by atoms with van der Waals surface area (Å²) in [4.78, 5) is 10.2. The van der Waals surface area contributed by atoms with Gasteiger partial charge in [-0.25, -0.2) is 4.98 Å². The summed E-state index contributed by atoms with van der Waals surface area (Å²) in [6, 6.07) is 4.29. The fraction of sp³-hybridized carbons (Fsp3) is 0.529. The lowest BCUT2D eigenvalue weighted by atomic mass is 9.92. The molecule has 23 heavy (non-hydrogen) atoms. The van der Waals surface area contributed by atoms with Crippen molar-refractivity contribution in [2.24, 2.45) is 4.99 Å². The number of rotatable bonds is 8. The van der Waals surface area contributed by atoms with Crippen LogP contribution in [0, 0.1) is 0 Å². The van der Waals surface area contributed by atoms with Gasteiger partial charge < -0.3 is 15.2 Å². The van der Waals surface area contributed by atoms with Gasteiger partial charge in [0.1, 0.15) is 0 Å². The standard InChI is InChI=1S/C17H27N5S/c1-4-19-16(20-8-6-10-22-11-9-18-14-22)21-13-17(2,3)15-7-5-12-23-15/h5,7,9,11-12,14H,4,6,8,10,13H2,1-3H3,(H2,19,20,21). The molecule has 2 N–H and O–H groups in total. The predicted octanol–water partition coefficient (Wildman–Crippen LogP) is 2.87. The molecule has 0 radical (unpaired) electrons. The van der Waals surface area contributed by atoms with Gasteiger partial charge in [-0.15, -0.1) is 11.3 Å². The van der Waals surface area contributed by atoms with E-state index in [0.717, 1.165) is 38.6 Å². The van der Waals surface area contributed by atoms with Crippen LogP contribution in [0.5, 0.6) is 0 Å². The van der Waals surface area contributed by atoms with Crippen LogP contribution in [0.4, 0.5) is 0 Å². The van der Waals surface area contributed by atoms with E-state index in [0.29, 0.717) is 0 Å². The summed E-state index contributed by atoms with van der Waals surface area (Å²) in [6.45, 7) is 10.1. The largest absolute Gasteiger partial charge is 0.357 e. The molecule has 0 atom stereocenters. The van der Waals surface area contributed by atoms with Crippen molar-refractivity contribution >= 4 is 17.3 Å². The summed E-state index contributed by atoms with van der Waals surface area (Å²) in [7, 11) is 0. The molecule has 0 saturated heterocycles. The Hall–Kier alpha value is -1.82. The minimum Gasteiger partial charge on any atom is -0.357 e. The first-order valence-electron chi connectivity index (χ1n) is 8.14. The highest BCUT2D eigenvalue weighted by molar-refractivity contribution is 7.10. The molecule has 0 aliphatic carbocycles. The molecular formula is C17H27N5S. The molecule has 6 heteroatoms. The van der Waals surface area contributed by atoms with Crippen molar-refractivity contribution in [3.8, 4) is 0 Å². The number of guanidine groups is 1. The summed E-state index contributed by atoms with van der Waals surface area (Å²) >= 11 is 1.80. The van der Waals surface area contributed by atoms with Crippen molar-refractivity contribution in [3.05, 3.63) is 41.1 Å². The minimum absolute atomic E-state index is 0.0628. The number of thiophene rings is 1. The van der Waals surface area contributed by atoms with E-state index in [1.165, 1.54) is 4.88 Å². The number of hydrogen-bond acceptors (Lipinski definition) is 3. The van der Waals surface area contributed by atoms with Crippen LogP contribution in [0.15, 0.2) is 41.2 Å². The number of aromatic nitrogens is 2. The molecule has 2 rings (SSSR count). The summed E-state index contributed by atoms with van der Waals surface area (Å²) in [5, 5.41) is 8.85. The maximum absolute atomic E-state index is 4.76. The summed E-state index contributed by atoms with van der Waals surface area (Å²) < 4.78 is 2.09. The summed E-state index contributed by atoms with van der Waals surface area (Å²) in [5.41, 5.74) is 0.0628. The van der Waals surface area contributed by atoms with Gasteiger partial charge in [0, 0.05) is 42.3 Å². The number of nitrogens with zero attached hydrogens (tertiary/aromatic N) is 3. The van der Waals surface area contributed by atoms with Gasteiger partial charge in [0.2, 0.25) is 0 Å². The Bertz CT molecular complexity index is 572. The SMILES string of the molecule is CCNC(=NCC(C)(C)c1cccs1)NCCCn1ccnc1. The number of aliphatic imine (C=N–C) groups is 1. The Morgan fingerprint density at radius 3 is 2.91 bits per heavy atom. The monoisotopic (exact) mass is 333 g/mol. The maximum atomic E-state index is 4.76. The van der Waals surface area contributed by atoms with E-state index in [9.17, 15) is 0 Å². The molecule has 0 spiro atoms. The first-order valence-corrected chi connectivity index (χ1v) is 9.01. The lowest BCUT2D eigenvalue weighted by molar-refractivity contribution is 0.547. The summed E-state index contributed by atoms with van der Waals surface area (Å²) in [6.07, 6.45) is 6.69. The zero-order chi connectivity index (χ0) is 16.5. The van der Waals surface area contributed by atoms with Crippen LogP contribution in [0.2, 0.25) is 0 Å². The van der Waals surface area contributed by atoms with Gasteiger partial charge in [0.15, 0.2) is 5.96 Å². The second kappa shape index (κ2) is 8.72. The fourth-order valence-electron chi connectivity index (χ4n) is 2.25. The summed E-state index contributed by atoms with van der Waals surface area (Å²) in [5.74, 6) is 0.891. The third kappa shape index (κ3) is 5.71. The van der Waals surface area contributed by atoms with Crippen LogP contribution >= 0.6 is 11.3 Å². The van der Waals surface area contributed by atoms with Crippen molar-refractivity contribution in [3.63, 3.8) is 0 Å². The molecule has 2 aromatic rings. The van der Waals surface area contributed by atoms with Gasteiger partial charge in [-0.1, -0.05) is 19.9 Å². The molecule has 5 nitrogen and oxygen atoms in total. The number of nitrogens with one attached hydrogen (secondary N) is 2. The van der Waals surface area contributed by atoms with E-state index in [-0.39, 0.29) is 5.41 Å². The Kier molecular flexibility index (Phi) is 6.65. The van der Waals surface area contributed by atoms with Crippen LogP contribution in [0.1, 0.15) is 32.1 Å². The van der Waals surface area contributed by atoms with Crippen LogP contribution in [0.25, 0.3) is 0 Å². The van der Waals surface area contributed by atoms with Crippen molar-refractivity contribution < 1.29 is 0 Å². The van der Waals surface area contributed by atoms with E-state index >= 15 is 0 Å². The lowest BCUT2D eigenvalue weighted by Gasteiger charge is -2.21. The smallest absolute Gasteiger partial charge is 0.191 e. The Balaban J connectivity index is 1.82. The topological polar surface area (TPSA) is 54.2 Å². The molecule has 0 bridgehead atoms. The fourth-order valence-corrected chi connectivity index (χ4v) is 3.09. The Morgan fingerprint density at radius 2 is 2.26 bits per heavy atom. The molecule has 0 fully saturated rings. The van der Waals surface area contributed by atoms with Crippen LogP contribution in [0.3, 0.4) is 0 Å². The quantitative estimate of drug-likeness (QED) is 0.444. The van der Waals surface area contributed by atoms with Gasteiger partial charge in [-0.2, -0.15) is 0 Å². The highest BCUT2D eigenvalue weighted by Crippen LogP contribution is 2.27. The number of hydrogen-bond donors (Lipinski definition) is 2. The van der Waals surface area contributed by atoms with Crippen molar-refractivity contribution in [1.82, 2.24) is 20.2 Å². The minimum atomic E-state index is 0.0628. The number of aryl methyl sites for hydroxylation is 1. The van der Waals surface area contributed by atoms with Crippen molar-refractivity contribution in [1.29, 1.82) is 0 Å². The first-order chi connectivity index (χ1) is 11.1. The van der Waals surface area contributed by atoms with Gasteiger partial charge >= 0.3 is 0 Å². The third-order valence-corrected chi connectivity index (χ3v) is 4.85. The van der Waals surface area contributed by atoms with E-state index in [2.05, 4.69) is 58.5 Å². The molecule has 2 aromatic heterocycles. The van der Waals surface area contributed by atoms with Gasteiger partial charge in [-0.05, 0) is 24.8 Å². The van der Waals surface area contributed by atoms with Gasteiger partial charge in [0.25, 0.3) is 0 Å². The molecule has 0 amide bonds. The van der Waals surface area contributed by atoms with E-state index < -0.39 is 0 Å². The first kappa shape index (κ1) is 17.5. The molecule has 0 aliphatic rings.